The van der Waals surface area contributed by atoms with Gasteiger partial charge in [-0.3, -0.25) is 9.36 Å². The standard InChI is InChI=1S/C18H15Cl2N5OS/c1-12-22-24-18(25(12)15-5-3-2-4-6-15)27-11-17(26)23-21-10-13-7-8-14(19)9-16(13)20/h2-10H,11H2,1H3,(H,23,26)/b21-10-. The molecule has 0 atom stereocenters. The van der Waals surface area contributed by atoms with Gasteiger partial charge in [0.25, 0.3) is 5.91 Å². The summed E-state index contributed by atoms with van der Waals surface area (Å²) in [5, 5.41) is 13.8. The number of hydrogen-bond donors (Lipinski definition) is 1. The molecule has 3 aromatic rings. The average Bonchev–Trinajstić information content (AvgIpc) is 3.03. The van der Waals surface area contributed by atoms with Gasteiger partial charge in [-0.05, 0) is 31.2 Å². The topological polar surface area (TPSA) is 72.2 Å². The zero-order valence-electron chi connectivity index (χ0n) is 14.3. The molecule has 0 saturated carbocycles. The molecule has 1 aromatic heterocycles. The van der Waals surface area contributed by atoms with Crippen LogP contribution in [-0.2, 0) is 4.79 Å². The number of thioether (sulfide) groups is 1. The second-order valence-electron chi connectivity index (χ2n) is 5.45. The molecule has 138 valence electrons. The van der Waals surface area contributed by atoms with E-state index in [1.807, 2.05) is 41.8 Å². The number of halogens is 2. The first kappa shape index (κ1) is 19.4. The van der Waals surface area contributed by atoms with E-state index >= 15 is 0 Å². The summed E-state index contributed by atoms with van der Waals surface area (Å²) in [6.45, 7) is 1.87. The molecule has 9 heteroatoms. The molecule has 1 heterocycles. The number of carbonyl (C=O) groups is 1. The van der Waals surface area contributed by atoms with Crippen molar-refractivity contribution in [2.24, 2.45) is 5.10 Å². The first-order valence-corrected chi connectivity index (χ1v) is 9.66. The molecule has 0 fully saturated rings. The van der Waals surface area contributed by atoms with Crippen LogP contribution in [0.2, 0.25) is 10.0 Å². The first-order chi connectivity index (χ1) is 13.0. The highest BCUT2D eigenvalue weighted by Gasteiger charge is 2.12. The Morgan fingerprint density at radius 2 is 2.00 bits per heavy atom. The Kier molecular flexibility index (Phi) is 6.49. The lowest BCUT2D eigenvalue weighted by atomic mass is 10.2. The number of hydrogen-bond acceptors (Lipinski definition) is 5. The summed E-state index contributed by atoms with van der Waals surface area (Å²) in [6, 6.07) is 14.8. The summed E-state index contributed by atoms with van der Waals surface area (Å²) in [4.78, 5) is 12.0. The van der Waals surface area contributed by atoms with Crippen LogP contribution in [0.25, 0.3) is 5.69 Å². The molecule has 27 heavy (non-hydrogen) atoms. The Bertz CT molecular complexity index is 975. The van der Waals surface area contributed by atoms with Crippen LogP contribution in [0.3, 0.4) is 0 Å². The zero-order chi connectivity index (χ0) is 19.2. The smallest absolute Gasteiger partial charge is 0.250 e. The van der Waals surface area contributed by atoms with Crippen molar-refractivity contribution in [1.29, 1.82) is 0 Å². The van der Waals surface area contributed by atoms with Gasteiger partial charge in [0.1, 0.15) is 5.82 Å². The fourth-order valence-corrected chi connectivity index (χ4v) is 3.50. The van der Waals surface area contributed by atoms with E-state index in [0.29, 0.717) is 20.8 Å². The normalized spacial score (nSPS) is 11.1. The SMILES string of the molecule is Cc1nnc(SCC(=O)N/N=C\c2ccc(Cl)cc2Cl)n1-c1ccccc1. The molecule has 2 aromatic carbocycles. The van der Waals surface area contributed by atoms with Gasteiger partial charge in [0.2, 0.25) is 0 Å². The van der Waals surface area contributed by atoms with Gasteiger partial charge in [-0.1, -0.05) is 59.2 Å². The van der Waals surface area contributed by atoms with Crippen molar-refractivity contribution in [3.8, 4) is 5.69 Å². The lowest BCUT2D eigenvalue weighted by Crippen LogP contribution is -2.20. The van der Waals surface area contributed by atoms with E-state index in [0.717, 1.165) is 11.5 Å². The third-order valence-corrected chi connectivity index (χ3v) is 4.99. The summed E-state index contributed by atoms with van der Waals surface area (Å²) in [7, 11) is 0. The van der Waals surface area contributed by atoms with Crippen LogP contribution in [0.5, 0.6) is 0 Å². The number of aromatic nitrogens is 3. The van der Waals surface area contributed by atoms with Gasteiger partial charge in [0, 0.05) is 16.3 Å². The number of para-hydroxylation sites is 1. The van der Waals surface area contributed by atoms with E-state index in [4.69, 9.17) is 23.2 Å². The van der Waals surface area contributed by atoms with Crippen LogP contribution in [0.15, 0.2) is 58.8 Å². The lowest BCUT2D eigenvalue weighted by Gasteiger charge is -2.07. The predicted molar refractivity (Wildman–Crippen MR) is 109 cm³/mol. The molecular weight excluding hydrogens is 405 g/mol. The van der Waals surface area contributed by atoms with Gasteiger partial charge in [-0.2, -0.15) is 5.10 Å². The van der Waals surface area contributed by atoms with Gasteiger partial charge in [0.05, 0.1) is 17.0 Å². The Balaban J connectivity index is 1.59. The second kappa shape index (κ2) is 9.03. The van der Waals surface area contributed by atoms with E-state index in [1.54, 1.807) is 18.2 Å². The largest absolute Gasteiger partial charge is 0.274 e. The predicted octanol–water partition coefficient (Wildman–Crippen LogP) is 4.12. The highest BCUT2D eigenvalue weighted by atomic mass is 35.5. The molecule has 0 aliphatic heterocycles. The van der Waals surface area contributed by atoms with Crippen LogP contribution in [-0.4, -0.2) is 32.6 Å². The molecule has 0 aliphatic rings. The van der Waals surface area contributed by atoms with Crippen molar-refractivity contribution in [2.45, 2.75) is 12.1 Å². The molecule has 0 bridgehead atoms. The van der Waals surface area contributed by atoms with Crippen molar-refractivity contribution in [1.82, 2.24) is 20.2 Å². The van der Waals surface area contributed by atoms with Gasteiger partial charge < -0.3 is 0 Å². The summed E-state index contributed by atoms with van der Waals surface area (Å²) in [5.41, 5.74) is 4.07. The summed E-state index contributed by atoms with van der Waals surface area (Å²) >= 11 is 13.2. The molecule has 0 unspecified atom stereocenters. The van der Waals surface area contributed by atoms with E-state index in [2.05, 4.69) is 20.7 Å². The van der Waals surface area contributed by atoms with Gasteiger partial charge in [0.15, 0.2) is 5.16 Å². The molecule has 1 N–H and O–H groups in total. The van der Waals surface area contributed by atoms with Gasteiger partial charge >= 0.3 is 0 Å². The zero-order valence-corrected chi connectivity index (χ0v) is 16.6. The van der Waals surface area contributed by atoms with Crippen LogP contribution in [0, 0.1) is 6.92 Å². The molecule has 1 amide bonds. The Morgan fingerprint density at radius 3 is 2.74 bits per heavy atom. The average molecular weight is 420 g/mol. The third kappa shape index (κ3) is 5.09. The molecule has 0 saturated heterocycles. The summed E-state index contributed by atoms with van der Waals surface area (Å²) in [6.07, 6.45) is 1.47. The van der Waals surface area contributed by atoms with Crippen LogP contribution >= 0.6 is 35.0 Å². The first-order valence-electron chi connectivity index (χ1n) is 7.92. The molecular formula is C18H15Cl2N5OS. The Labute approximate surface area is 170 Å². The van der Waals surface area contributed by atoms with E-state index in [1.165, 1.54) is 18.0 Å². The minimum absolute atomic E-state index is 0.149. The minimum atomic E-state index is -0.262. The monoisotopic (exact) mass is 419 g/mol. The maximum Gasteiger partial charge on any atom is 0.250 e. The quantitative estimate of drug-likeness (QED) is 0.370. The van der Waals surface area contributed by atoms with Gasteiger partial charge in [-0.25, -0.2) is 5.43 Å². The molecule has 3 rings (SSSR count). The van der Waals surface area contributed by atoms with Crippen molar-refractivity contribution in [2.75, 3.05) is 5.75 Å². The number of rotatable bonds is 6. The van der Waals surface area contributed by atoms with E-state index < -0.39 is 0 Å². The fraction of sp³-hybridized carbons (Fsp3) is 0.111. The van der Waals surface area contributed by atoms with E-state index in [-0.39, 0.29) is 11.7 Å². The number of benzene rings is 2. The number of hydrazone groups is 1. The maximum atomic E-state index is 12.0. The van der Waals surface area contributed by atoms with Crippen LogP contribution < -0.4 is 5.43 Å². The number of carbonyl (C=O) groups excluding carboxylic acids is 1. The third-order valence-electron chi connectivity index (χ3n) is 3.50. The number of aryl methyl sites for hydroxylation is 1. The Hall–Kier alpha value is -2.35. The highest BCUT2D eigenvalue weighted by molar-refractivity contribution is 7.99. The minimum Gasteiger partial charge on any atom is -0.274 e. The highest BCUT2D eigenvalue weighted by Crippen LogP contribution is 2.21. The van der Waals surface area contributed by atoms with E-state index in [9.17, 15) is 4.79 Å². The maximum absolute atomic E-state index is 12.0. The molecule has 0 radical (unpaired) electrons. The Morgan fingerprint density at radius 1 is 1.22 bits per heavy atom. The number of amides is 1. The number of nitrogens with zero attached hydrogens (tertiary/aromatic N) is 4. The van der Waals surface area contributed by atoms with Crippen molar-refractivity contribution >= 4 is 47.1 Å². The summed E-state index contributed by atoms with van der Waals surface area (Å²) in [5.74, 6) is 0.637. The second-order valence-corrected chi connectivity index (χ2v) is 7.23. The lowest BCUT2D eigenvalue weighted by molar-refractivity contribution is -0.118. The van der Waals surface area contributed by atoms with Crippen molar-refractivity contribution in [3.05, 3.63) is 70.0 Å². The van der Waals surface area contributed by atoms with Crippen LogP contribution in [0.4, 0.5) is 0 Å². The van der Waals surface area contributed by atoms with Crippen molar-refractivity contribution in [3.63, 3.8) is 0 Å². The molecule has 0 spiro atoms. The van der Waals surface area contributed by atoms with Crippen LogP contribution in [0.1, 0.15) is 11.4 Å². The van der Waals surface area contributed by atoms with Crippen molar-refractivity contribution < 1.29 is 4.79 Å². The number of nitrogens with one attached hydrogen (secondary N) is 1. The molecule has 0 aliphatic carbocycles. The fourth-order valence-electron chi connectivity index (χ4n) is 2.25. The summed E-state index contributed by atoms with van der Waals surface area (Å²) < 4.78 is 1.90. The molecule has 6 nitrogen and oxygen atoms in total. The van der Waals surface area contributed by atoms with Gasteiger partial charge in [-0.15, -0.1) is 10.2 Å².